The van der Waals surface area contributed by atoms with E-state index in [1.165, 1.54) is 25.0 Å². The Morgan fingerprint density at radius 2 is 1.67 bits per heavy atom. The Morgan fingerprint density at radius 1 is 1.04 bits per heavy atom. The van der Waals surface area contributed by atoms with Crippen molar-refractivity contribution >= 4 is 0 Å². The average molecular weight is 327 g/mol. The molecule has 1 aliphatic rings. The summed E-state index contributed by atoms with van der Waals surface area (Å²) in [5.41, 5.74) is 0.926. The second-order valence-corrected chi connectivity index (χ2v) is 6.76. The zero-order valence-electron chi connectivity index (χ0n) is 14.3. The molecule has 0 spiro atoms. The zero-order valence-corrected chi connectivity index (χ0v) is 14.3. The van der Waals surface area contributed by atoms with Crippen molar-refractivity contribution in [1.29, 1.82) is 0 Å². The third-order valence-electron chi connectivity index (χ3n) is 5.30. The number of hydrogen-bond donors (Lipinski definition) is 1. The van der Waals surface area contributed by atoms with Crippen molar-refractivity contribution < 1.29 is 9.50 Å². The maximum Gasteiger partial charge on any atom is 0.123 e. The van der Waals surface area contributed by atoms with E-state index in [0.717, 1.165) is 30.8 Å². The number of hydrogen-bond acceptors (Lipinski definition) is 2. The summed E-state index contributed by atoms with van der Waals surface area (Å²) in [7, 11) is 0. The molecule has 128 valence electrons. The summed E-state index contributed by atoms with van der Waals surface area (Å²) < 4.78 is 13.3. The Bertz CT molecular complexity index is 637. The highest BCUT2D eigenvalue weighted by molar-refractivity contribution is 5.32. The van der Waals surface area contributed by atoms with Gasteiger partial charge in [-0.2, -0.15) is 0 Å². The van der Waals surface area contributed by atoms with Crippen LogP contribution in [0.15, 0.2) is 54.6 Å². The lowest BCUT2D eigenvalue weighted by Gasteiger charge is -2.38. The van der Waals surface area contributed by atoms with E-state index in [1.54, 1.807) is 12.1 Å². The van der Waals surface area contributed by atoms with Gasteiger partial charge in [0.25, 0.3) is 0 Å². The molecule has 0 radical (unpaired) electrons. The van der Waals surface area contributed by atoms with E-state index in [1.807, 2.05) is 25.1 Å². The van der Waals surface area contributed by atoms with E-state index in [-0.39, 0.29) is 11.7 Å². The first-order valence-corrected chi connectivity index (χ1v) is 8.89. The van der Waals surface area contributed by atoms with E-state index in [4.69, 9.17) is 0 Å². The first-order chi connectivity index (χ1) is 11.6. The summed E-state index contributed by atoms with van der Waals surface area (Å²) in [5, 5.41) is 11.6. The summed E-state index contributed by atoms with van der Waals surface area (Å²) in [5.74, 6) is -0.305. The van der Waals surface area contributed by atoms with Crippen LogP contribution in [0.3, 0.4) is 0 Å². The van der Waals surface area contributed by atoms with Crippen LogP contribution in [0.4, 0.5) is 4.39 Å². The SMILES string of the molecule is CC[C@](O)(c1ccc(F)cc1)[C@H](CN1CCCC1)c1ccccc1. The Labute approximate surface area is 143 Å². The van der Waals surface area contributed by atoms with Gasteiger partial charge in [0.2, 0.25) is 0 Å². The van der Waals surface area contributed by atoms with Gasteiger partial charge in [0, 0.05) is 12.5 Å². The number of rotatable bonds is 6. The number of halogens is 1. The van der Waals surface area contributed by atoms with Gasteiger partial charge >= 0.3 is 0 Å². The molecule has 3 heteroatoms. The number of aliphatic hydroxyl groups is 1. The molecule has 0 aliphatic carbocycles. The molecule has 0 bridgehead atoms. The number of nitrogens with zero attached hydrogens (tertiary/aromatic N) is 1. The molecule has 2 atom stereocenters. The van der Waals surface area contributed by atoms with Crippen LogP contribution in [0.5, 0.6) is 0 Å². The highest BCUT2D eigenvalue weighted by Gasteiger charge is 2.39. The molecule has 1 saturated heterocycles. The fraction of sp³-hybridized carbons (Fsp3) is 0.429. The quantitative estimate of drug-likeness (QED) is 0.855. The van der Waals surface area contributed by atoms with Gasteiger partial charge in [0.1, 0.15) is 5.82 Å². The monoisotopic (exact) mass is 327 g/mol. The molecule has 0 saturated carbocycles. The molecular weight excluding hydrogens is 301 g/mol. The molecule has 3 rings (SSSR count). The molecule has 1 N–H and O–H groups in total. The van der Waals surface area contributed by atoms with Gasteiger partial charge in [0.05, 0.1) is 5.60 Å². The van der Waals surface area contributed by atoms with Gasteiger partial charge < -0.3 is 10.0 Å². The van der Waals surface area contributed by atoms with E-state index < -0.39 is 5.60 Å². The minimum absolute atomic E-state index is 0.0349. The molecule has 0 amide bonds. The Hall–Kier alpha value is -1.71. The maximum atomic E-state index is 13.3. The van der Waals surface area contributed by atoms with Crippen molar-refractivity contribution in [3.05, 3.63) is 71.5 Å². The Kier molecular flexibility index (Phi) is 5.32. The van der Waals surface area contributed by atoms with Crippen LogP contribution < -0.4 is 0 Å². The maximum absolute atomic E-state index is 13.3. The van der Waals surface area contributed by atoms with Gasteiger partial charge in [-0.15, -0.1) is 0 Å². The van der Waals surface area contributed by atoms with Crippen molar-refractivity contribution in [3.8, 4) is 0 Å². The summed E-state index contributed by atoms with van der Waals surface area (Å²) in [4.78, 5) is 2.43. The largest absolute Gasteiger partial charge is 0.384 e. The summed E-state index contributed by atoms with van der Waals surface area (Å²) in [6.45, 7) is 5.01. The molecule has 2 aromatic rings. The highest BCUT2D eigenvalue weighted by atomic mass is 19.1. The first-order valence-electron chi connectivity index (χ1n) is 8.89. The second kappa shape index (κ2) is 7.45. The Balaban J connectivity index is 1.98. The van der Waals surface area contributed by atoms with E-state index in [0.29, 0.717) is 6.42 Å². The molecule has 2 aromatic carbocycles. The van der Waals surface area contributed by atoms with Crippen LogP contribution in [0, 0.1) is 5.82 Å². The minimum Gasteiger partial charge on any atom is -0.384 e. The fourth-order valence-corrected chi connectivity index (χ4v) is 3.83. The minimum atomic E-state index is -1.00. The zero-order chi connectivity index (χ0) is 17.0. The van der Waals surface area contributed by atoms with E-state index in [9.17, 15) is 9.50 Å². The second-order valence-electron chi connectivity index (χ2n) is 6.76. The standard InChI is InChI=1S/C21H26FNO/c1-2-21(24,18-10-12-19(22)13-11-18)20(16-23-14-6-7-15-23)17-8-4-3-5-9-17/h3-5,8-13,20,24H,2,6-7,14-16H2,1H3/t20-,21+/m1/s1. The average Bonchev–Trinajstić information content (AvgIpc) is 3.14. The molecule has 0 unspecified atom stereocenters. The predicted molar refractivity (Wildman–Crippen MR) is 95.4 cm³/mol. The van der Waals surface area contributed by atoms with Crippen LogP contribution in [0.2, 0.25) is 0 Å². The molecule has 1 aliphatic heterocycles. The van der Waals surface area contributed by atoms with Crippen molar-refractivity contribution in [2.24, 2.45) is 0 Å². The summed E-state index contributed by atoms with van der Waals surface area (Å²) in [6, 6.07) is 16.5. The van der Waals surface area contributed by atoms with Gasteiger partial charge in [-0.05, 0) is 55.6 Å². The van der Waals surface area contributed by atoms with Crippen LogP contribution in [0.1, 0.15) is 43.2 Å². The number of benzene rings is 2. The Morgan fingerprint density at radius 3 is 2.25 bits per heavy atom. The highest BCUT2D eigenvalue weighted by Crippen LogP contribution is 2.40. The third kappa shape index (κ3) is 3.52. The fourth-order valence-electron chi connectivity index (χ4n) is 3.83. The topological polar surface area (TPSA) is 23.5 Å². The molecule has 0 aromatic heterocycles. The van der Waals surface area contributed by atoms with E-state index in [2.05, 4.69) is 17.0 Å². The summed E-state index contributed by atoms with van der Waals surface area (Å²) >= 11 is 0. The lowest BCUT2D eigenvalue weighted by atomic mass is 9.75. The molecule has 1 fully saturated rings. The first kappa shape index (κ1) is 17.1. The van der Waals surface area contributed by atoms with Crippen molar-refractivity contribution in [2.45, 2.75) is 37.7 Å². The third-order valence-corrected chi connectivity index (χ3v) is 5.30. The van der Waals surface area contributed by atoms with Crippen LogP contribution in [-0.2, 0) is 5.60 Å². The molecule has 1 heterocycles. The normalized spacial score (nSPS) is 19.1. The molecule has 2 nitrogen and oxygen atoms in total. The predicted octanol–water partition coefficient (Wildman–Crippen LogP) is 4.30. The van der Waals surface area contributed by atoms with Gasteiger partial charge in [-0.1, -0.05) is 49.4 Å². The van der Waals surface area contributed by atoms with Gasteiger partial charge in [-0.25, -0.2) is 4.39 Å². The number of likely N-dealkylation sites (tertiary alicyclic amines) is 1. The van der Waals surface area contributed by atoms with Crippen LogP contribution >= 0.6 is 0 Å². The van der Waals surface area contributed by atoms with Gasteiger partial charge in [0.15, 0.2) is 0 Å². The van der Waals surface area contributed by atoms with Crippen molar-refractivity contribution in [3.63, 3.8) is 0 Å². The molecule has 24 heavy (non-hydrogen) atoms. The lowest BCUT2D eigenvalue weighted by Crippen LogP contribution is -2.40. The van der Waals surface area contributed by atoms with Crippen molar-refractivity contribution in [2.75, 3.05) is 19.6 Å². The lowest BCUT2D eigenvalue weighted by molar-refractivity contribution is -0.00679. The van der Waals surface area contributed by atoms with Gasteiger partial charge in [-0.3, -0.25) is 0 Å². The van der Waals surface area contributed by atoms with Crippen LogP contribution in [0.25, 0.3) is 0 Å². The van der Waals surface area contributed by atoms with Crippen LogP contribution in [-0.4, -0.2) is 29.6 Å². The van der Waals surface area contributed by atoms with Crippen molar-refractivity contribution in [1.82, 2.24) is 4.90 Å². The molecular formula is C21H26FNO. The smallest absolute Gasteiger partial charge is 0.123 e. The summed E-state index contributed by atoms with van der Waals surface area (Å²) in [6.07, 6.45) is 3.04. The van der Waals surface area contributed by atoms with E-state index >= 15 is 0 Å².